The summed E-state index contributed by atoms with van der Waals surface area (Å²) in [5.74, 6) is -2.54. The molecule has 2 aliphatic carbocycles. The Morgan fingerprint density at radius 1 is 1.07 bits per heavy atom. The summed E-state index contributed by atoms with van der Waals surface area (Å²) in [4.78, 5) is 38.0. The summed E-state index contributed by atoms with van der Waals surface area (Å²) >= 11 is 0. The predicted octanol–water partition coefficient (Wildman–Crippen LogP) is 0.689. The highest BCUT2D eigenvalue weighted by molar-refractivity contribution is 5.92. The van der Waals surface area contributed by atoms with E-state index in [0.717, 1.165) is 0 Å². The number of hydrogen-bond acceptors (Lipinski definition) is 8. The van der Waals surface area contributed by atoms with E-state index >= 15 is 0 Å². The molecule has 0 aromatic rings. The van der Waals surface area contributed by atoms with Gasteiger partial charge in [-0.1, -0.05) is 20.8 Å². The van der Waals surface area contributed by atoms with Crippen LogP contribution in [0.25, 0.3) is 0 Å². The first-order chi connectivity index (χ1) is 13.0. The zero-order valence-electron chi connectivity index (χ0n) is 16.3. The maximum absolute atomic E-state index is 13.3. The van der Waals surface area contributed by atoms with Crippen LogP contribution < -0.4 is 0 Å². The van der Waals surface area contributed by atoms with Gasteiger partial charge in [-0.05, 0) is 24.7 Å². The lowest BCUT2D eigenvalue weighted by Gasteiger charge is -2.45. The van der Waals surface area contributed by atoms with Crippen molar-refractivity contribution in [3.63, 3.8) is 0 Å². The second-order valence-electron chi connectivity index (χ2n) is 10.5. The molecular weight excluding hydrogens is 368 g/mol. The third kappa shape index (κ3) is 1.26. The Morgan fingerprint density at radius 3 is 2.46 bits per heavy atom. The molecule has 0 radical (unpaired) electrons. The highest BCUT2D eigenvalue weighted by Crippen LogP contribution is 2.84. The van der Waals surface area contributed by atoms with Gasteiger partial charge in [-0.15, -0.1) is 0 Å². The van der Waals surface area contributed by atoms with Crippen molar-refractivity contribution in [2.75, 3.05) is 0 Å². The van der Waals surface area contributed by atoms with Crippen molar-refractivity contribution in [3.05, 3.63) is 0 Å². The second-order valence-corrected chi connectivity index (χ2v) is 10.5. The molecule has 6 fully saturated rings. The van der Waals surface area contributed by atoms with Crippen LogP contribution in [-0.4, -0.2) is 52.7 Å². The van der Waals surface area contributed by atoms with Crippen LogP contribution in [-0.2, 0) is 33.3 Å². The summed E-state index contributed by atoms with van der Waals surface area (Å²) in [6.45, 7) is 7.85. The fourth-order valence-electron chi connectivity index (χ4n) is 8.04. The van der Waals surface area contributed by atoms with Gasteiger partial charge in [0.15, 0.2) is 5.60 Å². The number of ether oxygens (including phenoxy) is 4. The minimum atomic E-state index is -1.84. The molecule has 6 aliphatic rings. The molecule has 4 heterocycles. The molecule has 4 aliphatic heterocycles. The molecule has 4 saturated heterocycles. The zero-order chi connectivity index (χ0) is 20.1. The third-order valence-corrected chi connectivity index (χ3v) is 8.88. The van der Waals surface area contributed by atoms with Gasteiger partial charge in [0.05, 0.1) is 23.2 Å². The van der Waals surface area contributed by atoms with Gasteiger partial charge in [-0.3, -0.25) is 9.59 Å². The predicted molar refractivity (Wildman–Crippen MR) is 89.2 cm³/mol. The van der Waals surface area contributed by atoms with Crippen molar-refractivity contribution in [2.45, 2.75) is 76.7 Å². The lowest BCUT2D eigenvalue weighted by atomic mass is 9.52. The van der Waals surface area contributed by atoms with Gasteiger partial charge in [-0.2, -0.15) is 0 Å². The van der Waals surface area contributed by atoms with Gasteiger partial charge < -0.3 is 24.1 Å². The third-order valence-electron chi connectivity index (χ3n) is 8.88. The Morgan fingerprint density at radius 2 is 1.79 bits per heavy atom. The van der Waals surface area contributed by atoms with Gasteiger partial charge in [0, 0.05) is 6.42 Å². The van der Waals surface area contributed by atoms with Crippen LogP contribution in [0.15, 0.2) is 0 Å². The minimum absolute atomic E-state index is 0.0233. The fraction of sp³-hybridized carbons (Fsp3) is 0.850. The van der Waals surface area contributed by atoms with Crippen LogP contribution in [0.4, 0.5) is 0 Å². The van der Waals surface area contributed by atoms with Gasteiger partial charge in [-0.25, -0.2) is 4.79 Å². The number of rotatable bonds is 0. The molecule has 0 bridgehead atoms. The maximum Gasteiger partial charge on any atom is 0.342 e. The smallest absolute Gasteiger partial charge is 0.342 e. The number of fused-ring (bicyclic) bond motifs is 1. The minimum Gasteiger partial charge on any atom is -0.459 e. The molecule has 28 heavy (non-hydrogen) atoms. The van der Waals surface area contributed by atoms with E-state index in [1.807, 2.05) is 0 Å². The molecule has 0 aromatic heterocycles. The second kappa shape index (κ2) is 4.26. The van der Waals surface area contributed by atoms with Crippen molar-refractivity contribution in [3.8, 4) is 0 Å². The molecule has 8 nitrogen and oxygen atoms in total. The molecule has 1 N–H and O–H groups in total. The van der Waals surface area contributed by atoms with Crippen LogP contribution >= 0.6 is 0 Å². The van der Waals surface area contributed by atoms with E-state index in [-0.39, 0.29) is 30.1 Å². The summed E-state index contributed by atoms with van der Waals surface area (Å²) < 4.78 is 23.2. The topological polar surface area (TPSA) is 108 Å². The average molecular weight is 392 g/mol. The van der Waals surface area contributed by atoms with Gasteiger partial charge in [0.2, 0.25) is 11.9 Å². The standard InChI is InChI=1S/C20H24O8/c1-8-13(22)25-11-6-18-10-5-9(16(2,3)4)17(18)7-12(21)27-15(17)28-20(18,14(23)26-10)19(8,11)24/h8-11,15,24H,5-7H2,1-4H3/t8-,9+,10?,11?,15?,17?,18?,19-,20-/m1/s1. The molecule has 152 valence electrons. The molecule has 0 aromatic carbocycles. The highest BCUT2D eigenvalue weighted by atomic mass is 16.7. The van der Waals surface area contributed by atoms with Crippen LogP contribution in [0.3, 0.4) is 0 Å². The van der Waals surface area contributed by atoms with E-state index in [0.29, 0.717) is 6.42 Å². The van der Waals surface area contributed by atoms with E-state index in [1.165, 1.54) is 0 Å². The summed E-state index contributed by atoms with van der Waals surface area (Å²) in [5, 5.41) is 11.8. The fourth-order valence-corrected chi connectivity index (χ4v) is 8.04. The lowest BCUT2D eigenvalue weighted by molar-refractivity contribution is -0.238. The maximum atomic E-state index is 13.3. The van der Waals surface area contributed by atoms with E-state index in [4.69, 9.17) is 18.9 Å². The van der Waals surface area contributed by atoms with Crippen molar-refractivity contribution < 1.29 is 38.4 Å². The molecule has 5 unspecified atom stereocenters. The monoisotopic (exact) mass is 392 g/mol. The number of carbonyl (C=O) groups is 3. The molecular formula is C20H24O8. The lowest BCUT2D eigenvalue weighted by Crippen LogP contribution is -2.65. The number of hydrogen-bond donors (Lipinski definition) is 1. The van der Waals surface area contributed by atoms with Gasteiger partial charge in [0.25, 0.3) is 0 Å². The SMILES string of the molecule is C[C@@H]1C(=O)OC2CC34C5C[C@@H](C(C)(C)C)C36CC(=O)OC6O[C@@]4(C(=O)O5)[C@]21O. The summed E-state index contributed by atoms with van der Waals surface area (Å²) in [7, 11) is 0. The first-order valence-corrected chi connectivity index (χ1v) is 9.98. The van der Waals surface area contributed by atoms with Crippen LogP contribution in [0.2, 0.25) is 0 Å². The largest absolute Gasteiger partial charge is 0.459 e. The summed E-state index contributed by atoms with van der Waals surface area (Å²) in [6.07, 6.45) is -1.40. The summed E-state index contributed by atoms with van der Waals surface area (Å²) in [6, 6.07) is 0. The molecule has 2 saturated carbocycles. The average Bonchev–Trinajstić information content (AvgIpc) is 3.28. The number of aliphatic hydroxyl groups is 1. The highest BCUT2D eigenvalue weighted by Gasteiger charge is 2.99. The van der Waals surface area contributed by atoms with Gasteiger partial charge in [0.1, 0.15) is 12.2 Å². The Labute approximate surface area is 161 Å². The molecule has 6 rings (SSSR count). The van der Waals surface area contributed by atoms with Crippen molar-refractivity contribution in [1.82, 2.24) is 0 Å². The Bertz CT molecular complexity index is 861. The Hall–Kier alpha value is -1.67. The van der Waals surface area contributed by atoms with Gasteiger partial charge >= 0.3 is 17.9 Å². The van der Waals surface area contributed by atoms with Crippen LogP contribution in [0.5, 0.6) is 0 Å². The van der Waals surface area contributed by atoms with E-state index in [2.05, 4.69) is 20.8 Å². The number of carbonyl (C=O) groups excluding carboxylic acids is 3. The Balaban J connectivity index is 1.66. The first-order valence-electron chi connectivity index (χ1n) is 9.98. The zero-order valence-corrected chi connectivity index (χ0v) is 16.3. The molecule has 9 atom stereocenters. The van der Waals surface area contributed by atoms with Crippen LogP contribution in [0, 0.1) is 28.1 Å². The Kier molecular flexibility index (Phi) is 2.62. The molecule has 8 heteroatoms. The molecule has 0 amide bonds. The quantitative estimate of drug-likeness (QED) is 0.474. The van der Waals surface area contributed by atoms with Crippen molar-refractivity contribution in [1.29, 1.82) is 0 Å². The van der Waals surface area contributed by atoms with E-state index in [9.17, 15) is 19.5 Å². The number of esters is 3. The summed E-state index contributed by atoms with van der Waals surface area (Å²) in [5.41, 5.74) is -5.57. The van der Waals surface area contributed by atoms with Crippen molar-refractivity contribution in [2.24, 2.45) is 28.1 Å². The van der Waals surface area contributed by atoms with Crippen molar-refractivity contribution >= 4 is 17.9 Å². The molecule has 2 spiro atoms. The van der Waals surface area contributed by atoms with Crippen LogP contribution in [0.1, 0.15) is 47.0 Å². The van der Waals surface area contributed by atoms with E-state index in [1.54, 1.807) is 6.92 Å². The first kappa shape index (κ1) is 17.2. The normalized spacial score (nSPS) is 58.2. The van der Waals surface area contributed by atoms with E-state index < -0.39 is 58.4 Å².